The van der Waals surface area contributed by atoms with Crippen LogP contribution in [-0.4, -0.2) is 13.0 Å². The van der Waals surface area contributed by atoms with Crippen LogP contribution < -0.4 is 0 Å². The molecule has 0 amide bonds. The fourth-order valence-corrected chi connectivity index (χ4v) is 8.40. The van der Waals surface area contributed by atoms with Gasteiger partial charge in [0.1, 0.15) is 0 Å². The van der Waals surface area contributed by atoms with Crippen LogP contribution in [0, 0.1) is 0 Å². The van der Waals surface area contributed by atoms with E-state index in [9.17, 15) is 8.42 Å². The van der Waals surface area contributed by atoms with Crippen molar-refractivity contribution in [3.63, 3.8) is 0 Å². The van der Waals surface area contributed by atoms with E-state index < -0.39 is 9.84 Å². The summed E-state index contributed by atoms with van der Waals surface area (Å²) >= 11 is 1.77. The lowest BCUT2D eigenvalue weighted by molar-refractivity contribution is 0.596. The van der Waals surface area contributed by atoms with Crippen molar-refractivity contribution in [2.45, 2.75) is 9.79 Å². The quantitative estimate of drug-likeness (QED) is 0.213. The first-order valence-corrected chi connectivity index (χ1v) is 15.7. The Morgan fingerprint density at radius 1 is 0.488 bits per heavy atom. The molecule has 41 heavy (non-hydrogen) atoms. The highest BCUT2D eigenvalue weighted by Crippen LogP contribution is 2.40. The van der Waals surface area contributed by atoms with Gasteiger partial charge in [-0.25, -0.2) is 8.42 Å². The van der Waals surface area contributed by atoms with Gasteiger partial charge in [-0.1, -0.05) is 84.9 Å². The van der Waals surface area contributed by atoms with Gasteiger partial charge in [0.05, 0.1) is 20.8 Å². The molecule has 2 aromatic heterocycles. The monoisotopic (exact) mass is 565 g/mol. The number of para-hydroxylation sites is 2. The Hall–Kier alpha value is -4.71. The van der Waals surface area contributed by atoms with Crippen LogP contribution in [0.2, 0.25) is 0 Å². The third-order valence-electron chi connectivity index (χ3n) is 7.87. The summed E-state index contributed by atoms with van der Waals surface area (Å²) in [6.45, 7) is 0. The summed E-state index contributed by atoms with van der Waals surface area (Å²) in [7, 11) is -3.68. The highest BCUT2D eigenvalue weighted by atomic mass is 32.2. The van der Waals surface area contributed by atoms with E-state index in [0.29, 0.717) is 0 Å². The summed E-state index contributed by atoms with van der Waals surface area (Å²) < 4.78 is 31.9. The first-order valence-electron chi connectivity index (χ1n) is 13.4. The van der Waals surface area contributed by atoms with Gasteiger partial charge in [0.2, 0.25) is 9.84 Å². The van der Waals surface area contributed by atoms with Crippen molar-refractivity contribution in [1.82, 2.24) is 4.57 Å². The number of thiophene rings is 1. The molecule has 6 aromatic carbocycles. The van der Waals surface area contributed by atoms with Crippen molar-refractivity contribution in [2.75, 3.05) is 0 Å². The number of benzene rings is 6. The summed E-state index contributed by atoms with van der Waals surface area (Å²) in [5.41, 5.74) is 5.22. The molecule has 0 unspecified atom stereocenters. The molecule has 0 saturated carbocycles. The molecular formula is C36H23NO2S2. The van der Waals surface area contributed by atoms with Crippen LogP contribution in [0.3, 0.4) is 0 Å². The summed E-state index contributed by atoms with van der Waals surface area (Å²) in [5, 5.41) is 4.82. The number of sulfone groups is 1. The Morgan fingerprint density at radius 3 is 1.68 bits per heavy atom. The number of aromatic nitrogens is 1. The minimum absolute atomic E-state index is 0.279. The van der Waals surface area contributed by atoms with Crippen molar-refractivity contribution in [1.29, 1.82) is 0 Å². The van der Waals surface area contributed by atoms with E-state index in [1.54, 1.807) is 35.6 Å². The lowest BCUT2D eigenvalue weighted by Crippen LogP contribution is -2.02. The van der Waals surface area contributed by atoms with Gasteiger partial charge in [-0.05, 0) is 65.7 Å². The van der Waals surface area contributed by atoms with E-state index >= 15 is 0 Å². The molecule has 3 nitrogen and oxygen atoms in total. The molecule has 5 heteroatoms. The van der Waals surface area contributed by atoms with E-state index in [1.165, 1.54) is 30.9 Å². The molecule has 0 fully saturated rings. The fraction of sp³-hybridized carbons (Fsp3) is 0. The Morgan fingerprint density at radius 2 is 1.02 bits per heavy atom. The Balaban J connectivity index is 1.16. The molecule has 0 atom stereocenters. The van der Waals surface area contributed by atoms with E-state index in [-0.39, 0.29) is 9.79 Å². The molecule has 8 rings (SSSR count). The third kappa shape index (κ3) is 3.74. The number of nitrogens with zero attached hydrogens (tertiary/aromatic N) is 1. The largest absolute Gasteiger partial charge is 0.309 e. The molecule has 0 spiro atoms. The first-order chi connectivity index (χ1) is 20.1. The molecule has 0 bridgehead atoms. The van der Waals surface area contributed by atoms with Crippen LogP contribution in [0.4, 0.5) is 0 Å². The van der Waals surface area contributed by atoms with Crippen LogP contribution in [0.15, 0.2) is 149 Å². The predicted molar refractivity (Wildman–Crippen MR) is 171 cm³/mol. The summed E-state index contributed by atoms with van der Waals surface area (Å²) in [6, 6.07) is 45.8. The fourth-order valence-electron chi connectivity index (χ4n) is 5.90. The van der Waals surface area contributed by atoms with E-state index in [4.69, 9.17) is 0 Å². The van der Waals surface area contributed by atoms with Crippen LogP contribution in [-0.2, 0) is 9.84 Å². The van der Waals surface area contributed by atoms with Crippen molar-refractivity contribution >= 4 is 63.2 Å². The van der Waals surface area contributed by atoms with Crippen LogP contribution in [0.5, 0.6) is 0 Å². The van der Waals surface area contributed by atoms with Crippen molar-refractivity contribution < 1.29 is 8.42 Å². The first kappa shape index (κ1) is 24.1. The van der Waals surface area contributed by atoms with Crippen LogP contribution in [0.25, 0.3) is 58.8 Å². The Labute approximate surface area is 241 Å². The molecule has 8 aromatic rings. The predicted octanol–water partition coefficient (Wildman–Crippen LogP) is 9.65. The maximum Gasteiger partial charge on any atom is 0.206 e. The summed E-state index contributed by atoms with van der Waals surface area (Å²) in [6.07, 6.45) is 0. The van der Waals surface area contributed by atoms with E-state index in [0.717, 1.165) is 27.8 Å². The zero-order valence-corrected chi connectivity index (χ0v) is 23.5. The van der Waals surface area contributed by atoms with Crippen LogP contribution in [0.1, 0.15) is 0 Å². The van der Waals surface area contributed by atoms with E-state index in [2.05, 4.69) is 71.3 Å². The molecule has 0 aliphatic carbocycles. The highest BCUT2D eigenvalue weighted by molar-refractivity contribution is 7.91. The minimum atomic E-state index is -3.68. The molecule has 2 heterocycles. The van der Waals surface area contributed by atoms with E-state index in [1.807, 2.05) is 48.5 Å². The second-order valence-electron chi connectivity index (χ2n) is 10.2. The second kappa shape index (κ2) is 9.16. The minimum Gasteiger partial charge on any atom is -0.309 e. The Bertz CT molecular complexity index is 2310. The third-order valence-corrected chi connectivity index (χ3v) is 10.9. The highest BCUT2D eigenvalue weighted by Gasteiger charge is 2.19. The topological polar surface area (TPSA) is 39.1 Å². The number of hydrogen-bond acceptors (Lipinski definition) is 3. The zero-order valence-electron chi connectivity index (χ0n) is 21.9. The average molecular weight is 566 g/mol. The maximum atomic E-state index is 13.6. The maximum absolute atomic E-state index is 13.6. The van der Waals surface area contributed by atoms with Crippen LogP contribution >= 0.6 is 11.3 Å². The number of fused-ring (bicyclic) bond motifs is 6. The molecule has 0 aliphatic heterocycles. The zero-order chi connectivity index (χ0) is 27.6. The van der Waals surface area contributed by atoms with Gasteiger partial charge >= 0.3 is 0 Å². The van der Waals surface area contributed by atoms with Gasteiger partial charge in [0, 0.05) is 36.6 Å². The normalized spacial score (nSPS) is 12.1. The summed E-state index contributed by atoms with van der Waals surface area (Å²) in [4.78, 5) is 0.566. The SMILES string of the molecule is O=S(=O)(c1ccc(-c2cccc3c2sc2ccccc23)cc1)c1ccc(-n2c3ccccc3c3ccccc32)cc1. The van der Waals surface area contributed by atoms with Crippen molar-refractivity contribution in [2.24, 2.45) is 0 Å². The van der Waals surface area contributed by atoms with Gasteiger partial charge < -0.3 is 4.57 Å². The van der Waals surface area contributed by atoms with Gasteiger partial charge in [-0.2, -0.15) is 0 Å². The van der Waals surface area contributed by atoms with Gasteiger partial charge in [-0.15, -0.1) is 11.3 Å². The van der Waals surface area contributed by atoms with Gasteiger partial charge in [-0.3, -0.25) is 0 Å². The lowest BCUT2D eigenvalue weighted by atomic mass is 10.0. The number of hydrogen-bond donors (Lipinski definition) is 0. The molecule has 0 aliphatic rings. The molecule has 0 saturated heterocycles. The molecular weight excluding hydrogens is 543 g/mol. The smallest absolute Gasteiger partial charge is 0.206 e. The summed E-state index contributed by atoms with van der Waals surface area (Å²) in [5.74, 6) is 0. The van der Waals surface area contributed by atoms with Crippen molar-refractivity contribution in [3.05, 3.63) is 140 Å². The number of rotatable bonds is 4. The van der Waals surface area contributed by atoms with Crippen molar-refractivity contribution in [3.8, 4) is 16.8 Å². The lowest BCUT2D eigenvalue weighted by Gasteiger charge is -2.10. The molecule has 0 radical (unpaired) electrons. The standard InChI is InChI=1S/C36H23NO2S2/c38-41(39,26-20-16-24(17-21-26)28-11-7-12-32-31-10-3-6-15-35(31)40-36(28)32)27-22-18-25(19-23-27)37-33-13-4-1-8-29(33)30-9-2-5-14-34(30)37/h1-23H. The molecule has 196 valence electrons. The molecule has 0 N–H and O–H groups in total. The van der Waals surface area contributed by atoms with Gasteiger partial charge in [0.25, 0.3) is 0 Å². The van der Waals surface area contributed by atoms with Gasteiger partial charge in [0.15, 0.2) is 0 Å². The second-order valence-corrected chi connectivity index (χ2v) is 13.2. The average Bonchev–Trinajstić information content (AvgIpc) is 3.57. The Kier molecular flexibility index (Phi) is 5.39.